The first-order valence-electron chi connectivity index (χ1n) is 4.63. The van der Waals surface area contributed by atoms with Crippen LogP contribution in [0.5, 0.6) is 0 Å². The van der Waals surface area contributed by atoms with Gasteiger partial charge in [-0.25, -0.2) is 14.4 Å². The zero-order chi connectivity index (χ0) is 13.7. The van der Waals surface area contributed by atoms with Gasteiger partial charge in [0.2, 0.25) is 5.91 Å². The van der Waals surface area contributed by atoms with Crippen LogP contribution >= 0.6 is 0 Å². The van der Waals surface area contributed by atoms with E-state index in [1.807, 2.05) is 16.0 Å². The van der Waals surface area contributed by atoms with E-state index in [1.165, 1.54) is 0 Å². The fourth-order valence-electron chi connectivity index (χ4n) is 1.04. The molecule has 2 aliphatic heterocycles. The van der Waals surface area contributed by atoms with Crippen molar-refractivity contribution in [3.8, 4) is 0 Å². The van der Waals surface area contributed by atoms with E-state index < -0.39 is 30.2 Å². The Morgan fingerprint density at radius 1 is 1.17 bits per heavy atom. The van der Waals surface area contributed by atoms with Crippen molar-refractivity contribution in [1.29, 1.82) is 0 Å². The summed E-state index contributed by atoms with van der Waals surface area (Å²) in [6.45, 7) is 0.124. The fourth-order valence-corrected chi connectivity index (χ4v) is 1.04. The van der Waals surface area contributed by atoms with Gasteiger partial charge in [0, 0.05) is 0 Å². The third-order valence-electron chi connectivity index (χ3n) is 1.72. The van der Waals surface area contributed by atoms with Gasteiger partial charge in [-0.05, 0) is 0 Å². The molecule has 0 spiro atoms. The Hall–Kier alpha value is -2.85. The lowest BCUT2D eigenvalue weighted by Crippen LogP contribution is -2.48. The number of urea groups is 3. The van der Waals surface area contributed by atoms with Gasteiger partial charge in [-0.1, -0.05) is 0 Å². The molecule has 2 rings (SSSR count). The molecule has 2 heterocycles. The molecule has 2 aliphatic rings. The Balaban J connectivity index is 0.000000199. The highest BCUT2D eigenvalue weighted by molar-refractivity contribution is 6.05. The van der Waals surface area contributed by atoms with Crippen LogP contribution in [0.1, 0.15) is 0 Å². The molecular formula is C7H10N6O5. The van der Waals surface area contributed by atoms with Crippen LogP contribution in [0.4, 0.5) is 14.4 Å². The Kier molecular flexibility index (Phi) is 4.02. The maximum absolute atomic E-state index is 10.7. The van der Waals surface area contributed by atoms with Gasteiger partial charge in [0.1, 0.15) is 0 Å². The predicted octanol–water partition coefficient (Wildman–Crippen LogP) is -3.35. The van der Waals surface area contributed by atoms with Crippen molar-refractivity contribution < 1.29 is 24.0 Å². The normalized spacial score (nSPS) is 21.0. The number of primary amides is 1. The standard InChI is InChI=1S/C4H6N4O3.C3H4N2O2/c5-3(10)6-1-2(9)8-4(11)7-1;6-2-1-4-3(7)5-2/h1H,(H3,5,6,10)(H2,7,8,9,11);1H2,(H2,4,5,6,7). The minimum absolute atomic E-state index is 0.124. The van der Waals surface area contributed by atoms with E-state index in [-0.39, 0.29) is 12.5 Å². The summed E-state index contributed by atoms with van der Waals surface area (Å²) in [4.78, 5) is 51.3. The van der Waals surface area contributed by atoms with Gasteiger partial charge in [-0.2, -0.15) is 0 Å². The summed E-state index contributed by atoms with van der Waals surface area (Å²) in [6.07, 6.45) is -1.04. The lowest BCUT2D eigenvalue weighted by Gasteiger charge is -2.05. The Morgan fingerprint density at radius 3 is 2.11 bits per heavy atom. The van der Waals surface area contributed by atoms with Crippen molar-refractivity contribution in [2.45, 2.75) is 6.17 Å². The molecule has 0 saturated carbocycles. The summed E-state index contributed by atoms with van der Waals surface area (Å²) >= 11 is 0. The second-order valence-electron chi connectivity index (χ2n) is 3.14. The van der Waals surface area contributed by atoms with Gasteiger partial charge in [0.25, 0.3) is 5.91 Å². The summed E-state index contributed by atoms with van der Waals surface area (Å²) < 4.78 is 0. The lowest BCUT2D eigenvalue weighted by atomic mass is 10.5. The molecular weight excluding hydrogens is 248 g/mol. The zero-order valence-electron chi connectivity index (χ0n) is 8.90. The van der Waals surface area contributed by atoms with E-state index in [0.29, 0.717) is 0 Å². The molecule has 7 N–H and O–H groups in total. The van der Waals surface area contributed by atoms with E-state index in [4.69, 9.17) is 5.73 Å². The smallest absolute Gasteiger partial charge is 0.323 e. The number of carbonyl (C=O) groups excluding carboxylic acids is 5. The Morgan fingerprint density at radius 2 is 1.83 bits per heavy atom. The van der Waals surface area contributed by atoms with E-state index in [0.717, 1.165) is 0 Å². The van der Waals surface area contributed by atoms with Gasteiger partial charge in [-0.15, -0.1) is 0 Å². The first-order valence-corrected chi connectivity index (χ1v) is 4.63. The molecule has 0 aromatic carbocycles. The average molecular weight is 258 g/mol. The van der Waals surface area contributed by atoms with E-state index >= 15 is 0 Å². The van der Waals surface area contributed by atoms with Crippen molar-refractivity contribution in [1.82, 2.24) is 26.6 Å². The number of nitrogens with one attached hydrogen (secondary N) is 5. The molecule has 1 unspecified atom stereocenters. The minimum atomic E-state index is -1.04. The average Bonchev–Trinajstić information content (AvgIpc) is 2.74. The molecule has 1 atom stereocenters. The first kappa shape index (κ1) is 13.2. The van der Waals surface area contributed by atoms with Crippen LogP contribution in [0, 0.1) is 0 Å². The van der Waals surface area contributed by atoms with Gasteiger partial charge >= 0.3 is 18.1 Å². The van der Waals surface area contributed by atoms with Crippen LogP contribution in [0.3, 0.4) is 0 Å². The number of amides is 8. The van der Waals surface area contributed by atoms with Crippen molar-refractivity contribution in [3.63, 3.8) is 0 Å². The number of carbonyl (C=O) groups is 5. The quantitative estimate of drug-likeness (QED) is 0.269. The molecule has 8 amide bonds. The molecule has 11 nitrogen and oxygen atoms in total. The number of nitrogens with two attached hydrogens (primary N) is 1. The third kappa shape index (κ3) is 3.96. The predicted molar refractivity (Wildman–Crippen MR) is 54.7 cm³/mol. The number of hydrogen-bond donors (Lipinski definition) is 6. The minimum Gasteiger partial charge on any atom is -0.352 e. The number of imide groups is 2. The highest BCUT2D eigenvalue weighted by atomic mass is 16.2. The Labute approximate surface area is 99.8 Å². The molecule has 0 aromatic heterocycles. The van der Waals surface area contributed by atoms with Crippen LogP contribution in [0.15, 0.2) is 0 Å². The number of hydrogen-bond acceptors (Lipinski definition) is 5. The molecule has 18 heavy (non-hydrogen) atoms. The monoisotopic (exact) mass is 258 g/mol. The topological polar surface area (TPSA) is 172 Å². The molecule has 0 aliphatic carbocycles. The molecule has 2 fully saturated rings. The zero-order valence-corrected chi connectivity index (χ0v) is 8.90. The van der Waals surface area contributed by atoms with Crippen molar-refractivity contribution in [3.05, 3.63) is 0 Å². The largest absolute Gasteiger partial charge is 0.352 e. The molecule has 0 bridgehead atoms. The highest BCUT2D eigenvalue weighted by Gasteiger charge is 2.29. The van der Waals surface area contributed by atoms with E-state index in [2.05, 4.69) is 10.6 Å². The third-order valence-corrected chi connectivity index (χ3v) is 1.72. The SMILES string of the molecule is NC(=O)NC1NC(=O)NC1=O.O=C1CNC(=O)N1. The van der Waals surface area contributed by atoms with E-state index in [9.17, 15) is 24.0 Å². The fraction of sp³-hybridized carbons (Fsp3) is 0.286. The number of rotatable bonds is 1. The molecule has 11 heteroatoms. The van der Waals surface area contributed by atoms with Crippen LogP contribution < -0.4 is 32.3 Å². The van der Waals surface area contributed by atoms with Crippen molar-refractivity contribution in [2.24, 2.45) is 5.73 Å². The van der Waals surface area contributed by atoms with Gasteiger partial charge in [-0.3, -0.25) is 20.2 Å². The van der Waals surface area contributed by atoms with Crippen LogP contribution in [0.25, 0.3) is 0 Å². The van der Waals surface area contributed by atoms with Gasteiger partial charge in [0.15, 0.2) is 6.17 Å². The summed E-state index contributed by atoms with van der Waals surface area (Å²) in [5, 5.41) is 10.4. The van der Waals surface area contributed by atoms with Gasteiger partial charge in [0.05, 0.1) is 6.54 Å². The maximum Gasteiger partial charge on any atom is 0.323 e. The first-order chi connectivity index (χ1) is 8.38. The van der Waals surface area contributed by atoms with Crippen LogP contribution in [-0.4, -0.2) is 42.6 Å². The molecule has 0 radical (unpaired) electrons. The summed E-state index contributed by atoms with van der Waals surface area (Å²) in [6, 6.07) is -1.91. The summed E-state index contributed by atoms with van der Waals surface area (Å²) in [7, 11) is 0. The van der Waals surface area contributed by atoms with Crippen molar-refractivity contribution in [2.75, 3.05) is 6.54 Å². The summed E-state index contributed by atoms with van der Waals surface area (Å²) in [5.41, 5.74) is 4.70. The highest BCUT2D eigenvalue weighted by Crippen LogP contribution is 1.86. The molecule has 2 saturated heterocycles. The van der Waals surface area contributed by atoms with Crippen LogP contribution in [0.2, 0.25) is 0 Å². The Bertz CT molecular complexity index is 407. The van der Waals surface area contributed by atoms with Crippen LogP contribution in [-0.2, 0) is 9.59 Å². The molecule has 0 aromatic rings. The lowest BCUT2D eigenvalue weighted by molar-refractivity contribution is -0.120. The summed E-state index contributed by atoms with van der Waals surface area (Å²) in [5.74, 6) is -0.876. The van der Waals surface area contributed by atoms with E-state index in [1.54, 1.807) is 0 Å². The second kappa shape index (κ2) is 5.47. The molecule has 98 valence electrons. The second-order valence-corrected chi connectivity index (χ2v) is 3.14. The van der Waals surface area contributed by atoms with Gasteiger partial charge < -0.3 is 21.7 Å². The maximum atomic E-state index is 10.7. The van der Waals surface area contributed by atoms with Crippen molar-refractivity contribution >= 4 is 29.9 Å².